The first kappa shape index (κ1) is 18.5. The molecular weight excluding hydrogens is 348 g/mol. The van der Waals surface area contributed by atoms with Crippen LogP contribution in [0.4, 0.5) is 0 Å². The van der Waals surface area contributed by atoms with Crippen molar-refractivity contribution in [2.45, 2.75) is 12.3 Å². The van der Waals surface area contributed by atoms with Gasteiger partial charge in [0.2, 0.25) is 0 Å². The van der Waals surface area contributed by atoms with Crippen LogP contribution in [0.2, 0.25) is 0 Å². The molecule has 0 saturated carbocycles. The number of hydrogen-bond donors (Lipinski definition) is 2. The molecule has 27 heavy (non-hydrogen) atoms. The number of carboxylic acids is 2. The van der Waals surface area contributed by atoms with E-state index in [0.29, 0.717) is 11.3 Å². The van der Waals surface area contributed by atoms with E-state index in [1.54, 1.807) is 26.2 Å². The summed E-state index contributed by atoms with van der Waals surface area (Å²) in [5.74, 6) is -2.32. The van der Waals surface area contributed by atoms with Gasteiger partial charge in [-0.1, -0.05) is 25.1 Å². The van der Waals surface area contributed by atoms with E-state index in [9.17, 15) is 19.8 Å². The van der Waals surface area contributed by atoms with E-state index >= 15 is 0 Å². The van der Waals surface area contributed by atoms with Gasteiger partial charge in [0.05, 0.1) is 14.2 Å². The lowest BCUT2D eigenvalue weighted by atomic mass is 9.64. The smallest absolute Gasteiger partial charge is 0.331 e. The van der Waals surface area contributed by atoms with E-state index in [2.05, 4.69) is 0 Å². The Labute approximate surface area is 156 Å². The normalized spacial score (nSPS) is 22.0. The first-order valence-electron chi connectivity index (χ1n) is 8.37. The maximum absolute atomic E-state index is 12.5. The molecule has 1 aliphatic carbocycles. The highest BCUT2D eigenvalue weighted by atomic mass is 16.5. The van der Waals surface area contributed by atoms with E-state index in [-0.39, 0.29) is 11.3 Å². The second-order valence-corrected chi connectivity index (χ2v) is 6.42. The van der Waals surface area contributed by atoms with Gasteiger partial charge in [0.1, 0.15) is 11.5 Å². The highest BCUT2D eigenvalue weighted by molar-refractivity contribution is 5.95. The number of fused-ring (bicyclic) bond motifs is 1. The van der Waals surface area contributed by atoms with Gasteiger partial charge < -0.3 is 19.7 Å². The molecule has 2 unspecified atom stereocenters. The summed E-state index contributed by atoms with van der Waals surface area (Å²) in [4.78, 5) is 24.2. The molecule has 2 aromatic rings. The molecule has 2 atom stereocenters. The fraction of sp³-hybridized carbons (Fsp3) is 0.238. The Hall–Kier alpha value is -3.28. The minimum atomic E-state index is -1.64. The average molecular weight is 368 g/mol. The van der Waals surface area contributed by atoms with E-state index in [1.165, 1.54) is 19.3 Å². The quantitative estimate of drug-likeness (QED) is 0.841. The third-order valence-corrected chi connectivity index (χ3v) is 5.23. The Bertz CT molecular complexity index is 987. The monoisotopic (exact) mass is 368 g/mol. The predicted octanol–water partition coefficient (Wildman–Crippen LogP) is 3.36. The fourth-order valence-corrected chi connectivity index (χ4v) is 3.78. The van der Waals surface area contributed by atoms with Gasteiger partial charge in [0.15, 0.2) is 5.41 Å². The van der Waals surface area contributed by atoms with Crippen molar-refractivity contribution < 1.29 is 29.3 Å². The van der Waals surface area contributed by atoms with Crippen LogP contribution in [0.5, 0.6) is 5.75 Å². The van der Waals surface area contributed by atoms with Gasteiger partial charge in [-0.3, -0.25) is 4.79 Å². The number of aliphatic carboxylic acids is 2. The van der Waals surface area contributed by atoms with Gasteiger partial charge in [-0.15, -0.1) is 0 Å². The summed E-state index contributed by atoms with van der Waals surface area (Å²) in [5.41, 5.74) is -1.18. The van der Waals surface area contributed by atoms with Crippen LogP contribution in [0.15, 0.2) is 59.9 Å². The van der Waals surface area contributed by atoms with E-state index in [4.69, 9.17) is 9.47 Å². The van der Waals surface area contributed by atoms with Crippen LogP contribution in [-0.4, -0.2) is 36.4 Å². The number of allylic oxidation sites excluding steroid dienone is 2. The van der Waals surface area contributed by atoms with Gasteiger partial charge in [0.25, 0.3) is 0 Å². The predicted molar refractivity (Wildman–Crippen MR) is 99.8 cm³/mol. The van der Waals surface area contributed by atoms with Crippen LogP contribution in [-0.2, 0) is 19.7 Å². The highest BCUT2D eigenvalue weighted by Gasteiger charge is 2.53. The molecule has 3 rings (SSSR count). The van der Waals surface area contributed by atoms with Crippen LogP contribution in [0.3, 0.4) is 0 Å². The maximum Gasteiger partial charge on any atom is 0.331 e. The molecule has 0 amide bonds. The zero-order chi connectivity index (χ0) is 19.8. The molecule has 0 saturated heterocycles. The van der Waals surface area contributed by atoms with Crippen molar-refractivity contribution in [3.63, 3.8) is 0 Å². The van der Waals surface area contributed by atoms with Crippen LogP contribution < -0.4 is 4.74 Å². The summed E-state index contributed by atoms with van der Waals surface area (Å²) in [6.45, 7) is 1.59. The van der Waals surface area contributed by atoms with Crippen LogP contribution >= 0.6 is 0 Å². The van der Waals surface area contributed by atoms with Crippen molar-refractivity contribution in [2.75, 3.05) is 14.2 Å². The molecule has 0 fully saturated rings. The van der Waals surface area contributed by atoms with Crippen molar-refractivity contribution in [2.24, 2.45) is 5.92 Å². The molecule has 2 aromatic carbocycles. The zero-order valence-electron chi connectivity index (χ0n) is 15.2. The number of ether oxygens (including phenoxy) is 2. The molecule has 1 aliphatic rings. The van der Waals surface area contributed by atoms with Gasteiger partial charge in [0, 0.05) is 11.5 Å². The average Bonchev–Trinajstić information content (AvgIpc) is 2.66. The number of hydrogen-bond acceptors (Lipinski definition) is 4. The van der Waals surface area contributed by atoms with Gasteiger partial charge >= 0.3 is 11.9 Å². The Morgan fingerprint density at radius 1 is 0.963 bits per heavy atom. The third-order valence-electron chi connectivity index (χ3n) is 5.23. The molecule has 0 aromatic heterocycles. The van der Waals surface area contributed by atoms with E-state index < -0.39 is 23.3 Å². The van der Waals surface area contributed by atoms with Gasteiger partial charge in [-0.2, -0.15) is 0 Å². The topological polar surface area (TPSA) is 93.1 Å². The van der Waals surface area contributed by atoms with Crippen molar-refractivity contribution in [1.82, 2.24) is 0 Å². The molecule has 6 heteroatoms. The fourth-order valence-electron chi connectivity index (χ4n) is 3.78. The molecule has 140 valence electrons. The van der Waals surface area contributed by atoms with Gasteiger partial charge in [-0.05, 0) is 46.7 Å². The first-order valence-corrected chi connectivity index (χ1v) is 8.37. The lowest BCUT2D eigenvalue weighted by Gasteiger charge is -2.39. The molecule has 0 radical (unpaired) electrons. The second kappa shape index (κ2) is 6.79. The summed E-state index contributed by atoms with van der Waals surface area (Å²) in [6.07, 6.45) is 2.82. The van der Waals surface area contributed by atoms with Crippen LogP contribution in [0.25, 0.3) is 10.8 Å². The number of benzene rings is 2. The Kier molecular flexibility index (Phi) is 4.66. The number of carboxylic acid groups (broad SMARTS) is 2. The summed E-state index contributed by atoms with van der Waals surface area (Å²) < 4.78 is 10.6. The lowest BCUT2D eigenvalue weighted by molar-refractivity contribution is -0.145. The molecule has 0 aliphatic heterocycles. The third kappa shape index (κ3) is 2.73. The van der Waals surface area contributed by atoms with E-state index in [1.807, 2.05) is 24.3 Å². The minimum absolute atomic E-state index is 0.0175. The molecule has 0 spiro atoms. The standard InChI is InChI=1S/C21H20O6/c1-12-17(19(22)23)8-9-18(27-3)21(12,20(24)25)15-6-4-13-5-7-16(26-2)11-14(13)10-15/h4-12H,1-3H3,(H,22,23)(H,24,25). The molecule has 2 N–H and O–H groups in total. The Balaban J connectivity index is 2.30. The number of carbonyl (C=O) groups is 2. The lowest BCUT2D eigenvalue weighted by Crippen LogP contribution is -2.47. The number of rotatable bonds is 5. The summed E-state index contributed by atoms with van der Waals surface area (Å²) in [5, 5.41) is 21.5. The van der Waals surface area contributed by atoms with Crippen molar-refractivity contribution in [3.8, 4) is 5.75 Å². The molecule has 0 heterocycles. The first-order chi connectivity index (χ1) is 12.9. The molecular formula is C21H20O6. The zero-order valence-corrected chi connectivity index (χ0v) is 15.2. The number of methoxy groups -OCH3 is 2. The minimum Gasteiger partial charge on any atom is -0.500 e. The molecule has 0 bridgehead atoms. The highest BCUT2D eigenvalue weighted by Crippen LogP contribution is 2.46. The second-order valence-electron chi connectivity index (χ2n) is 6.42. The van der Waals surface area contributed by atoms with Crippen molar-refractivity contribution in [1.29, 1.82) is 0 Å². The summed E-state index contributed by atoms with van der Waals surface area (Å²) in [6, 6.07) is 10.8. The van der Waals surface area contributed by atoms with Crippen molar-refractivity contribution >= 4 is 22.7 Å². The molecule has 6 nitrogen and oxygen atoms in total. The maximum atomic E-state index is 12.5. The Morgan fingerprint density at radius 2 is 1.67 bits per heavy atom. The van der Waals surface area contributed by atoms with E-state index in [0.717, 1.165) is 10.8 Å². The Morgan fingerprint density at radius 3 is 2.26 bits per heavy atom. The summed E-state index contributed by atoms with van der Waals surface area (Å²) in [7, 11) is 2.95. The van der Waals surface area contributed by atoms with Gasteiger partial charge in [-0.25, -0.2) is 4.79 Å². The van der Waals surface area contributed by atoms with Crippen LogP contribution in [0.1, 0.15) is 12.5 Å². The van der Waals surface area contributed by atoms with Crippen LogP contribution in [0, 0.1) is 5.92 Å². The largest absolute Gasteiger partial charge is 0.500 e. The SMILES string of the molecule is COC1=CC=C(C(=O)O)C(C)C1(C(=O)O)c1ccc2ccc(OC)cc2c1. The summed E-state index contributed by atoms with van der Waals surface area (Å²) >= 11 is 0. The van der Waals surface area contributed by atoms with Crippen molar-refractivity contribution in [3.05, 3.63) is 65.4 Å².